The molecule has 1 heterocycles. The standard InChI is InChI=1S/C32H32ClN3O2/c1-32(22-34,31(37)36-20-18-35(19-21-36)28-16-7-6-15-27(28)33)30(26-13-5-8-17-29(26)38-2)25-14-9-11-23-10-3-4-12-24(23)25/h3-17,30-31,37H,18-21H2,1-2H3/t30-,31?,32?/m0/s1. The molecule has 0 radical (unpaired) electrons. The molecule has 0 amide bonds. The van der Waals surface area contributed by atoms with Crippen molar-refractivity contribution in [2.24, 2.45) is 5.41 Å². The Morgan fingerprint density at radius 3 is 2.24 bits per heavy atom. The van der Waals surface area contributed by atoms with Crippen LogP contribution in [0.25, 0.3) is 10.8 Å². The number of ether oxygens (including phenoxy) is 1. The summed E-state index contributed by atoms with van der Waals surface area (Å²) in [6.45, 7) is 4.50. The molecule has 0 bridgehead atoms. The first-order valence-electron chi connectivity index (χ1n) is 12.9. The Hall–Kier alpha value is -3.56. The van der Waals surface area contributed by atoms with Crippen molar-refractivity contribution in [1.29, 1.82) is 5.26 Å². The lowest BCUT2D eigenvalue weighted by Gasteiger charge is -2.45. The number of halogens is 1. The maximum Gasteiger partial charge on any atom is 0.127 e. The highest BCUT2D eigenvalue weighted by Gasteiger charge is 2.47. The Balaban J connectivity index is 1.54. The molecule has 194 valence electrons. The molecule has 0 aliphatic carbocycles. The molecule has 0 spiro atoms. The number of hydrogen-bond acceptors (Lipinski definition) is 5. The fourth-order valence-electron chi connectivity index (χ4n) is 5.79. The molecule has 5 nitrogen and oxygen atoms in total. The molecule has 38 heavy (non-hydrogen) atoms. The molecule has 4 aromatic carbocycles. The number of piperazine rings is 1. The van der Waals surface area contributed by atoms with Crippen molar-refractivity contribution in [2.75, 3.05) is 38.2 Å². The van der Waals surface area contributed by atoms with Gasteiger partial charge in [0, 0.05) is 37.7 Å². The molecule has 5 rings (SSSR count). The summed E-state index contributed by atoms with van der Waals surface area (Å²) in [6.07, 6.45) is -1.00. The summed E-state index contributed by atoms with van der Waals surface area (Å²) in [5.74, 6) is 0.258. The van der Waals surface area contributed by atoms with Crippen LogP contribution in [-0.4, -0.2) is 49.5 Å². The van der Waals surface area contributed by atoms with Gasteiger partial charge in [-0.1, -0.05) is 84.4 Å². The zero-order valence-corrected chi connectivity index (χ0v) is 22.5. The fourth-order valence-corrected chi connectivity index (χ4v) is 6.04. The summed E-state index contributed by atoms with van der Waals surface area (Å²) in [5.41, 5.74) is 1.69. The Bertz CT molecular complexity index is 1460. The minimum atomic E-state index is -1.18. The van der Waals surface area contributed by atoms with Crippen LogP contribution in [0.4, 0.5) is 5.69 Å². The number of fused-ring (bicyclic) bond motifs is 1. The molecule has 3 atom stereocenters. The van der Waals surface area contributed by atoms with E-state index in [4.69, 9.17) is 16.3 Å². The lowest BCUT2D eigenvalue weighted by atomic mass is 9.68. The van der Waals surface area contributed by atoms with Gasteiger partial charge in [-0.2, -0.15) is 5.26 Å². The third-order valence-corrected chi connectivity index (χ3v) is 8.13. The van der Waals surface area contributed by atoms with E-state index in [-0.39, 0.29) is 0 Å². The highest BCUT2D eigenvalue weighted by atomic mass is 35.5. The van der Waals surface area contributed by atoms with E-state index in [9.17, 15) is 10.4 Å². The second-order valence-corrected chi connectivity index (χ2v) is 10.4. The van der Waals surface area contributed by atoms with E-state index in [1.54, 1.807) is 7.11 Å². The lowest BCUT2D eigenvalue weighted by Crippen LogP contribution is -2.56. The van der Waals surface area contributed by atoms with Gasteiger partial charge in [0.25, 0.3) is 0 Å². The van der Waals surface area contributed by atoms with E-state index in [1.165, 1.54) is 0 Å². The van der Waals surface area contributed by atoms with Crippen molar-refractivity contribution in [1.82, 2.24) is 4.90 Å². The predicted octanol–water partition coefficient (Wildman–Crippen LogP) is 6.30. The van der Waals surface area contributed by atoms with E-state index in [0.29, 0.717) is 31.9 Å². The zero-order valence-electron chi connectivity index (χ0n) is 21.7. The van der Waals surface area contributed by atoms with Crippen LogP contribution in [0.2, 0.25) is 5.02 Å². The van der Waals surface area contributed by atoms with Gasteiger partial charge in [-0.25, -0.2) is 0 Å². The summed E-state index contributed by atoms with van der Waals surface area (Å²) in [7, 11) is 1.65. The SMILES string of the molecule is COc1ccccc1[C@H](c1cccc2ccccc12)C(C)(C#N)C(O)N1CCN(c2ccccc2Cl)CC1. The van der Waals surface area contributed by atoms with Crippen LogP contribution in [0.3, 0.4) is 0 Å². The molecule has 0 saturated carbocycles. The molecule has 1 fully saturated rings. The van der Waals surface area contributed by atoms with Crippen LogP contribution in [0.15, 0.2) is 91.0 Å². The zero-order chi connectivity index (χ0) is 26.7. The van der Waals surface area contributed by atoms with Gasteiger partial charge in [-0.3, -0.25) is 4.90 Å². The van der Waals surface area contributed by atoms with Gasteiger partial charge in [0.15, 0.2) is 0 Å². The molecule has 1 aliphatic heterocycles. The predicted molar refractivity (Wildman–Crippen MR) is 154 cm³/mol. The molecular weight excluding hydrogens is 494 g/mol. The first kappa shape index (κ1) is 26.1. The molecule has 0 aromatic heterocycles. The topological polar surface area (TPSA) is 59.7 Å². The largest absolute Gasteiger partial charge is 0.496 e. The van der Waals surface area contributed by atoms with Crippen LogP contribution in [0.5, 0.6) is 5.75 Å². The Kier molecular flexibility index (Phi) is 7.58. The summed E-state index contributed by atoms with van der Waals surface area (Å²) >= 11 is 6.45. The van der Waals surface area contributed by atoms with Gasteiger partial charge < -0.3 is 14.7 Å². The van der Waals surface area contributed by atoms with E-state index in [1.807, 2.05) is 78.6 Å². The summed E-state index contributed by atoms with van der Waals surface area (Å²) in [4.78, 5) is 4.25. The van der Waals surface area contributed by atoms with Crippen LogP contribution in [0.1, 0.15) is 24.0 Å². The molecule has 6 heteroatoms. The molecule has 1 saturated heterocycles. The number of methoxy groups -OCH3 is 1. The summed E-state index contributed by atoms with van der Waals surface area (Å²) in [6, 6.07) is 32.5. The van der Waals surface area contributed by atoms with Crippen molar-refractivity contribution in [3.63, 3.8) is 0 Å². The second kappa shape index (κ2) is 11.0. The second-order valence-electron chi connectivity index (χ2n) is 9.99. The highest BCUT2D eigenvalue weighted by molar-refractivity contribution is 6.33. The maximum atomic E-state index is 12.0. The Morgan fingerprint density at radius 1 is 0.868 bits per heavy atom. The molecule has 4 aromatic rings. The number of aliphatic hydroxyl groups excluding tert-OH is 1. The van der Waals surface area contributed by atoms with Crippen LogP contribution < -0.4 is 9.64 Å². The first-order chi connectivity index (χ1) is 18.5. The van der Waals surface area contributed by atoms with Crippen LogP contribution in [-0.2, 0) is 0 Å². The highest BCUT2D eigenvalue weighted by Crippen LogP contribution is 2.48. The number of nitriles is 1. The van der Waals surface area contributed by atoms with Crippen molar-refractivity contribution in [2.45, 2.75) is 19.1 Å². The number of anilines is 1. The average molecular weight is 526 g/mol. The fraction of sp³-hybridized carbons (Fsp3) is 0.281. The van der Waals surface area contributed by atoms with Gasteiger partial charge in [0.2, 0.25) is 0 Å². The number of benzene rings is 4. The van der Waals surface area contributed by atoms with Crippen molar-refractivity contribution in [3.8, 4) is 11.8 Å². The number of rotatable bonds is 7. The van der Waals surface area contributed by atoms with Gasteiger partial charge in [0.05, 0.1) is 23.9 Å². The molecular formula is C32H32ClN3O2. The molecule has 1 aliphatic rings. The summed E-state index contributed by atoms with van der Waals surface area (Å²) in [5, 5.41) is 25.6. The lowest BCUT2D eigenvalue weighted by molar-refractivity contribution is -0.0701. The third kappa shape index (κ3) is 4.72. The van der Waals surface area contributed by atoms with Gasteiger partial charge in [0.1, 0.15) is 17.4 Å². The maximum absolute atomic E-state index is 12.0. The van der Waals surface area contributed by atoms with Crippen molar-refractivity contribution >= 4 is 28.1 Å². The van der Waals surface area contributed by atoms with Crippen molar-refractivity contribution < 1.29 is 9.84 Å². The Morgan fingerprint density at radius 2 is 1.50 bits per heavy atom. The number of nitrogens with zero attached hydrogens (tertiary/aromatic N) is 3. The van der Waals surface area contributed by atoms with Crippen molar-refractivity contribution in [3.05, 3.63) is 107 Å². The minimum Gasteiger partial charge on any atom is -0.496 e. The van der Waals surface area contributed by atoms with Crippen LogP contribution in [0, 0.1) is 16.7 Å². The summed E-state index contributed by atoms with van der Waals surface area (Å²) < 4.78 is 5.78. The third-order valence-electron chi connectivity index (χ3n) is 7.81. The molecule has 2 unspecified atom stereocenters. The van der Waals surface area contributed by atoms with E-state index in [2.05, 4.69) is 35.2 Å². The number of para-hydroxylation sites is 2. The van der Waals surface area contributed by atoms with E-state index in [0.717, 1.165) is 32.6 Å². The quantitative estimate of drug-likeness (QED) is 0.306. The van der Waals surface area contributed by atoms with E-state index >= 15 is 0 Å². The monoisotopic (exact) mass is 525 g/mol. The van der Waals surface area contributed by atoms with Gasteiger partial charge >= 0.3 is 0 Å². The van der Waals surface area contributed by atoms with Crippen LogP contribution >= 0.6 is 11.6 Å². The smallest absolute Gasteiger partial charge is 0.127 e. The first-order valence-corrected chi connectivity index (χ1v) is 13.3. The Labute approximate surface area is 229 Å². The number of hydrogen-bond donors (Lipinski definition) is 1. The molecule has 1 N–H and O–H groups in total. The average Bonchev–Trinajstić information content (AvgIpc) is 2.97. The normalized spacial score (nSPS) is 17.4. The van der Waals surface area contributed by atoms with E-state index < -0.39 is 17.6 Å². The van der Waals surface area contributed by atoms with Gasteiger partial charge in [-0.15, -0.1) is 0 Å². The number of aliphatic hydroxyl groups is 1. The van der Waals surface area contributed by atoms with Gasteiger partial charge in [-0.05, 0) is 41.5 Å². The minimum absolute atomic E-state index is 0.439.